The van der Waals surface area contributed by atoms with Crippen LogP contribution in [0.5, 0.6) is 0 Å². The molecule has 2 saturated heterocycles. The van der Waals surface area contributed by atoms with E-state index in [1.165, 1.54) is 30.3 Å². The molecule has 0 aliphatic carbocycles. The van der Waals surface area contributed by atoms with E-state index in [1.807, 2.05) is 13.0 Å². The average Bonchev–Trinajstić information content (AvgIpc) is 3.36. The molecular weight excluding hydrogens is 1020 g/mol. The Kier molecular flexibility index (Phi) is 28.3. The molecule has 20 atom stereocenters. The molecule has 0 amide bonds. The second-order valence-corrected chi connectivity index (χ2v) is 20.4. The van der Waals surface area contributed by atoms with Gasteiger partial charge in [0, 0.05) is 42.0 Å². The first-order valence-corrected chi connectivity index (χ1v) is 26.1. The summed E-state index contributed by atoms with van der Waals surface area (Å²) in [6.45, 7) is 8.39. The second kappa shape index (κ2) is 32.6. The molecule has 0 aromatic heterocycles. The Bertz CT molecular complexity index is 2190. The van der Waals surface area contributed by atoms with Crippen LogP contribution in [-0.2, 0) is 38.0 Å². The number of carbonyl (C=O) groups is 3. The summed E-state index contributed by atoms with van der Waals surface area (Å²) < 4.78 is 35.1. The molecule has 0 saturated carbocycles. The van der Waals surface area contributed by atoms with E-state index in [2.05, 4.69) is 0 Å². The van der Waals surface area contributed by atoms with Crippen molar-refractivity contribution < 1.29 is 93.9 Å². The van der Waals surface area contributed by atoms with Gasteiger partial charge in [-0.15, -0.1) is 0 Å². The highest BCUT2D eigenvalue weighted by Gasteiger charge is 2.60. The van der Waals surface area contributed by atoms with Gasteiger partial charge >= 0.3 is 17.9 Å². The topological polar surface area (TPSA) is 309 Å². The fourth-order valence-corrected chi connectivity index (χ4v) is 9.37. The van der Waals surface area contributed by atoms with Gasteiger partial charge < -0.3 is 79.5 Å². The summed E-state index contributed by atoms with van der Waals surface area (Å²) in [5, 5.41) is 112. The maximum absolute atomic E-state index is 13.9. The maximum Gasteiger partial charge on any atom is 0.340 e. The van der Waals surface area contributed by atoms with E-state index in [4.69, 9.17) is 40.0 Å². The van der Waals surface area contributed by atoms with E-state index >= 15 is 0 Å². The highest BCUT2D eigenvalue weighted by atomic mass is 35.5. The van der Waals surface area contributed by atoms with Crippen molar-refractivity contribution in [3.05, 3.63) is 120 Å². The van der Waals surface area contributed by atoms with Crippen LogP contribution in [0.3, 0.4) is 0 Å². The summed E-state index contributed by atoms with van der Waals surface area (Å²) in [5.74, 6) is -8.86. The highest BCUT2D eigenvalue weighted by Crippen LogP contribution is 2.42. The molecule has 0 spiro atoms. The van der Waals surface area contributed by atoms with Gasteiger partial charge in [-0.1, -0.05) is 131 Å². The summed E-state index contributed by atoms with van der Waals surface area (Å²) in [5.41, 5.74) is -0.139. The molecular formula is C57H83ClO19. The first-order chi connectivity index (χ1) is 36.0. The van der Waals surface area contributed by atoms with Crippen LogP contribution in [0, 0.1) is 23.7 Å². The molecule has 1 aromatic rings. The molecule has 432 valence electrons. The summed E-state index contributed by atoms with van der Waals surface area (Å²) >= 11 is 6.19. The fourth-order valence-electron chi connectivity index (χ4n) is 9.18. The number of allylic oxidation sites excluding steroid dienone is 12. The highest BCUT2D eigenvalue weighted by molar-refractivity contribution is 6.30. The molecule has 1 aromatic carbocycles. The van der Waals surface area contributed by atoms with Gasteiger partial charge in [-0.2, -0.15) is 0 Å². The Hall–Kier alpha value is -4.42. The van der Waals surface area contributed by atoms with Crippen molar-refractivity contribution in [1.29, 1.82) is 0 Å². The van der Waals surface area contributed by atoms with Crippen molar-refractivity contribution >= 4 is 29.5 Å². The van der Waals surface area contributed by atoms with Gasteiger partial charge in [-0.05, 0) is 51.3 Å². The fraction of sp³-hybridized carbons (Fsp3) is 0.596. The van der Waals surface area contributed by atoms with Crippen LogP contribution in [0.25, 0.3) is 0 Å². The predicted octanol–water partition coefficient (Wildman–Crippen LogP) is 4.23. The van der Waals surface area contributed by atoms with Crippen LogP contribution in [0.15, 0.2) is 109 Å². The number of ether oxygens (including phenoxy) is 6. The minimum absolute atomic E-state index is 0. The monoisotopic (exact) mass is 1110 g/mol. The Balaban J connectivity index is 0.0000156. The number of hydrogen-bond donors (Lipinski definition) is 10. The van der Waals surface area contributed by atoms with Gasteiger partial charge in [-0.25, -0.2) is 4.79 Å². The number of hydrogen-bond acceptors (Lipinski definition) is 19. The van der Waals surface area contributed by atoms with Gasteiger partial charge in [0.05, 0.1) is 80.1 Å². The van der Waals surface area contributed by atoms with E-state index in [0.717, 1.165) is 7.11 Å². The number of halogens is 1. The molecule has 20 heteroatoms. The van der Waals surface area contributed by atoms with Crippen LogP contribution in [0.4, 0.5) is 0 Å². The number of aliphatic hydroxyl groups excluding tert-OH is 10. The number of benzene rings is 1. The predicted molar refractivity (Wildman–Crippen MR) is 285 cm³/mol. The van der Waals surface area contributed by atoms with E-state index in [1.54, 1.807) is 101 Å². The summed E-state index contributed by atoms with van der Waals surface area (Å²) in [7, 11) is 1.04. The Morgan fingerprint density at radius 2 is 1.26 bits per heavy atom. The third-order valence-electron chi connectivity index (χ3n) is 14.0. The zero-order valence-electron chi connectivity index (χ0n) is 43.8. The minimum Gasteiger partial charge on any atom is -0.469 e. The molecule has 3 aliphatic heterocycles. The second-order valence-electron chi connectivity index (χ2n) is 20.0. The third-order valence-corrected chi connectivity index (χ3v) is 14.2. The number of methoxy groups -OCH3 is 1. The van der Waals surface area contributed by atoms with E-state index in [9.17, 15) is 65.4 Å². The smallest absolute Gasteiger partial charge is 0.340 e. The lowest BCUT2D eigenvalue weighted by molar-refractivity contribution is -0.345. The van der Waals surface area contributed by atoms with E-state index in [-0.39, 0.29) is 43.2 Å². The van der Waals surface area contributed by atoms with Crippen molar-refractivity contribution in [3.63, 3.8) is 0 Å². The summed E-state index contributed by atoms with van der Waals surface area (Å²) in [6, 6.07) is 5.51. The molecule has 77 heavy (non-hydrogen) atoms. The normalized spacial score (nSPS) is 40.9. The number of cyclic esters (lactones) is 1. The molecule has 19 nitrogen and oxygen atoms in total. The zero-order valence-corrected chi connectivity index (χ0v) is 44.6. The summed E-state index contributed by atoms with van der Waals surface area (Å²) in [6.07, 6.45) is 0.214. The number of rotatable bonds is 5. The molecule has 4 rings (SSSR count). The molecule has 20 unspecified atom stereocenters. The van der Waals surface area contributed by atoms with Crippen LogP contribution in [0.1, 0.15) is 97.3 Å². The number of fused-ring (bicyclic) bond motifs is 2. The molecule has 2 bridgehead atoms. The third kappa shape index (κ3) is 20.3. The van der Waals surface area contributed by atoms with E-state index in [0.29, 0.717) is 0 Å². The largest absolute Gasteiger partial charge is 0.469 e. The first kappa shape index (κ1) is 66.9. The Labute approximate surface area is 457 Å². The van der Waals surface area contributed by atoms with Crippen molar-refractivity contribution in [1.82, 2.24) is 0 Å². The van der Waals surface area contributed by atoms with Crippen molar-refractivity contribution in [2.75, 3.05) is 7.11 Å². The van der Waals surface area contributed by atoms with Gasteiger partial charge in [0.2, 0.25) is 5.79 Å². The van der Waals surface area contributed by atoms with Crippen molar-refractivity contribution in [3.8, 4) is 0 Å². The molecule has 3 heterocycles. The van der Waals surface area contributed by atoms with Crippen LogP contribution in [-0.4, -0.2) is 174 Å². The minimum atomic E-state index is -2.71. The van der Waals surface area contributed by atoms with Crippen LogP contribution >= 0.6 is 11.6 Å². The quantitative estimate of drug-likeness (QED) is 0.146. The maximum atomic E-state index is 13.9. The molecule has 10 N–H and O–H groups in total. The van der Waals surface area contributed by atoms with Gasteiger partial charge in [0.15, 0.2) is 6.29 Å². The van der Waals surface area contributed by atoms with Crippen molar-refractivity contribution in [2.45, 2.75) is 185 Å². The first-order valence-electron chi connectivity index (χ1n) is 25.7. The van der Waals surface area contributed by atoms with Crippen LogP contribution in [0.2, 0.25) is 5.02 Å². The number of carbonyl (C=O) groups excluding carboxylic acids is 3. The number of aliphatic hydroxyl groups is 10. The number of esters is 3. The van der Waals surface area contributed by atoms with E-state index < -0.39 is 159 Å². The lowest BCUT2D eigenvalue weighted by Crippen LogP contribution is -2.66. The van der Waals surface area contributed by atoms with Crippen molar-refractivity contribution in [2.24, 2.45) is 23.7 Å². The SMILES string of the molecule is C.COC(=O)C1C2CC(OC3OC(C)C(O)C(C)C3O)/C=C/C=C/C=C/C=C/C=C/C=C/C=C/C(C)C(O)C(C)C(C)OC(=O)CC(O)CC(O)CCC(O)C(O)CC(O)CC(OC(=O)c3cccc(Cl)c3)(O2)C(O)C1O. The zero-order chi connectivity index (χ0) is 56.3. The average molecular weight is 1110 g/mol. The Morgan fingerprint density at radius 1 is 0.662 bits per heavy atom. The lowest BCUT2D eigenvalue weighted by Gasteiger charge is -2.49. The van der Waals surface area contributed by atoms with Gasteiger partial charge in [0.25, 0.3) is 0 Å². The summed E-state index contributed by atoms with van der Waals surface area (Å²) in [4.78, 5) is 40.3. The Morgan fingerprint density at radius 3 is 1.86 bits per heavy atom. The standard InChI is InChI=1S/C56H79ClO19.CH4/c1-32-20-17-15-13-11-9-7-8-10-12-14-16-18-23-42(74-55-50(66)34(3)49(65)36(5)73-55)30-45-47(54(70)71-6)51(67)52(68)56(75-45,76-53(69)37-21-19-22-38(57)26-37)31-41(60)28-44(62)43(61)25-24-39(58)27-40(59)29-46(63)72-35(4)33(2)48(32)64;/h7-23,26,32-36,39-45,47-52,55,58-62,64-68H,24-25,27-31H2,1-6H3;1H4/b8-7+,11-9+,12-10+,15-13+,16-14+,20-17+,23-18+;. The molecule has 0 radical (unpaired) electrons. The lowest BCUT2D eigenvalue weighted by atomic mass is 9.80. The molecule has 3 aliphatic rings. The molecule has 2 fully saturated rings. The van der Waals surface area contributed by atoms with Gasteiger partial charge in [-0.3, -0.25) is 9.59 Å². The van der Waals surface area contributed by atoms with Crippen LogP contribution < -0.4 is 0 Å². The van der Waals surface area contributed by atoms with Gasteiger partial charge in [0.1, 0.15) is 30.3 Å².